The van der Waals surface area contributed by atoms with Crippen molar-refractivity contribution in [3.63, 3.8) is 0 Å². The molecule has 0 radical (unpaired) electrons. The number of hydrogen-bond donors (Lipinski definition) is 1. The van der Waals surface area contributed by atoms with Crippen LogP contribution in [0.4, 0.5) is 5.69 Å². The highest BCUT2D eigenvalue weighted by Crippen LogP contribution is 2.38. The Labute approximate surface area is 145 Å². The number of para-hydroxylation sites is 1. The molecule has 0 amide bonds. The summed E-state index contributed by atoms with van der Waals surface area (Å²) in [7, 11) is -3.64. The van der Waals surface area contributed by atoms with Crippen LogP contribution in [0.1, 0.15) is 36.0 Å². The number of anilines is 1. The largest absolute Gasteiger partial charge is 0.339 e. The van der Waals surface area contributed by atoms with Crippen LogP contribution in [0.5, 0.6) is 0 Å². The van der Waals surface area contributed by atoms with Crippen molar-refractivity contribution in [3.8, 4) is 0 Å². The quantitative estimate of drug-likeness (QED) is 0.733. The van der Waals surface area contributed by atoms with Gasteiger partial charge in [-0.25, -0.2) is 8.42 Å². The van der Waals surface area contributed by atoms with Gasteiger partial charge < -0.3 is 4.52 Å². The van der Waals surface area contributed by atoms with Crippen LogP contribution in [0.15, 0.2) is 64.0 Å². The summed E-state index contributed by atoms with van der Waals surface area (Å²) in [5.41, 5.74) is 1.30. The van der Waals surface area contributed by atoms with Crippen molar-refractivity contribution >= 4 is 15.7 Å². The van der Waals surface area contributed by atoms with Gasteiger partial charge in [-0.1, -0.05) is 41.6 Å². The Bertz CT molecular complexity index is 980. The molecule has 1 fully saturated rings. The number of sulfonamides is 1. The first kappa shape index (κ1) is 15.8. The van der Waals surface area contributed by atoms with E-state index >= 15 is 0 Å². The Morgan fingerprint density at radius 3 is 2.52 bits per heavy atom. The third-order valence-electron chi connectivity index (χ3n) is 4.08. The van der Waals surface area contributed by atoms with Crippen molar-refractivity contribution < 1.29 is 12.9 Å². The van der Waals surface area contributed by atoms with E-state index in [-0.39, 0.29) is 4.90 Å². The third kappa shape index (κ3) is 3.56. The predicted octanol–water partition coefficient (Wildman–Crippen LogP) is 3.34. The number of hydrogen-bond acceptors (Lipinski definition) is 5. The van der Waals surface area contributed by atoms with Gasteiger partial charge in [0.05, 0.1) is 17.0 Å². The molecule has 4 rings (SSSR count). The van der Waals surface area contributed by atoms with Gasteiger partial charge in [-0.05, 0) is 36.6 Å². The first-order valence-electron chi connectivity index (χ1n) is 8.10. The first-order valence-corrected chi connectivity index (χ1v) is 9.58. The Morgan fingerprint density at radius 2 is 1.76 bits per heavy atom. The monoisotopic (exact) mass is 355 g/mol. The summed E-state index contributed by atoms with van der Waals surface area (Å²) >= 11 is 0. The van der Waals surface area contributed by atoms with Crippen molar-refractivity contribution in [3.05, 3.63) is 71.9 Å². The smallest absolute Gasteiger partial charge is 0.261 e. The molecular weight excluding hydrogens is 338 g/mol. The Kier molecular flexibility index (Phi) is 4.01. The number of nitrogens with one attached hydrogen (secondary N) is 1. The first-order chi connectivity index (χ1) is 12.1. The molecule has 2 aromatic carbocycles. The fraction of sp³-hybridized carbons (Fsp3) is 0.222. The van der Waals surface area contributed by atoms with E-state index in [1.165, 1.54) is 0 Å². The van der Waals surface area contributed by atoms with Crippen molar-refractivity contribution in [2.75, 3.05) is 4.72 Å². The molecule has 7 heteroatoms. The van der Waals surface area contributed by atoms with Gasteiger partial charge in [0.2, 0.25) is 5.89 Å². The summed E-state index contributed by atoms with van der Waals surface area (Å²) < 4.78 is 33.0. The number of benzene rings is 2. The maximum atomic E-state index is 12.5. The minimum Gasteiger partial charge on any atom is -0.339 e. The van der Waals surface area contributed by atoms with E-state index < -0.39 is 10.0 Å². The summed E-state index contributed by atoms with van der Waals surface area (Å²) in [6, 6.07) is 15.5. The van der Waals surface area contributed by atoms with Crippen LogP contribution in [0.25, 0.3) is 0 Å². The lowest BCUT2D eigenvalue weighted by atomic mass is 10.1. The molecule has 6 nitrogen and oxygen atoms in total. The van der Waals surface area contributed by atoms with Gasteiger partial charge in [-0.3, -0.25) is 4.72 Å². The van der Waals surface area contributed by atoms with Crippen LogP contribution >= 0.6 is 0 Å². The van der Waals surface area contributed by atoms with E-state index in [1.807, 2.05) is 12.1 Å². The van der Waals surface area contributed by atoms with Gasteiger partial charge in [-0.15, -0.1) is 0 Å². The van der Waals surface area contributed by atoms with E-state index in [1.54, 1.807) is 42.5 Å². The lowest BCUT2D eigenvalue weighted by Gasteiger charge is -2.11. The number of nitrogens with zero attached hydrogens (tertiary/aromatic N) is 2. The van der Waals surface area contributed by atoms with Gasteiger partial charge in [0.15, 0.2) is 5.82 Å². The van der Waals surface area contributed by atoms with Crippen LogP contribution in [-0.4, -0.2) is 18.6 Å². The Morgan fingerprint density at radius 1 is 1.04 bits per heavy atom. The van der Waals surface area contributed by atoms with E-state index in [0.29, 0.717) is 23.9 Å². The van der Waals surface area contributed by atoms with E-state index in [9.17, 15) is 8.42 Å². The SMILES string of the molecule is O=S(=O)(Nc1ccccc1Cc1nc(C2CC2)no1)c1ccccc1. The summed E-state index contributed by atoms with van der Waals surface area (Å²) in [4.78, 5) is 4.63. The van der Waals surface area contributed by atoms with Crippen LogP contribution in [0, 0.1) is 0 Å². The topological polar surface area (TPSA) is 85.1 Å². The third-order valence-corrected chi connectivity index (χ3v) is 5.46. The Balaban J connectivity index is 1.58. The lowest BCUT2D eigenvalue weighted by Crippen LogP contribution is -2.14. The van der Waals surface area contributed by atoms with Crippen LogP contribution < -0.4 is 4.72 Å². The standard InChI is InChI=1S/C18H17N3O3S/c22-25(23,15-7-2-1-3-8-15)21-16-9-5-4-6-14(16)12-17-19-18(20-24-17)13-10-11-13/h1-9,13,21H,10-12H2. The van der Waals surface area contributed by atoms with E-state index in [2.05, 4.69) is 14.9 Å². The van der Waals surface area contributed by atoms with Crippen molar-refractivity contribution in [2.24, 2.45) is 0 Å². The molecule has 25 heavy (non-hydrogen) atoms. The highest BCUT2D eigenvalue weighted by atomic mass is 32.2. The molecule has 0 aliphatic heterocycles. The van der Waals surface area contributed by atoms with Gasteiger partial charge in [0.1, 0.15) is 0 Å². The summed E-state index contributed by atoms with van der Waals surface area (Å²) in [6.07, 6.45) is 2.59. The fourth-order valence-corrected chi connectivity index (χ4v) is 3.71. The molecule has 1 heterocycles. The zero-order valence-electron chi connectivity index (χ0n) is 13.4. The van der Waals surface area contributed by atoms with Crippen molar-refractivity contribution in [1.29, 1.82) is 0 Å². The lowest BCUT2D eigenvalue weighted by molar-refractivity contribution is 0.379. The van der Waals surface area contributed by atoms with Gasteiger partial charge in [0, 0.05) is 5.92 Å². The van der Waals surface area contributed by atoms with Crippen molar-refractivity contribution in [2.45, 2.75) is 30.1 Å². The summed E-state index contributed by atoms with van der Waals surface area (Å²) in [5.74, 6) is 1.66. The minimum absolute atomic E-state index is 0.221. The molecule has 0 spiro atoms. The van der Waals surface area contributed by atoms with Gasteiger partial charge in [-0.2, -0.15) is 4.98 Å². The van der Waals surface area contributed by atoms with E-state index in [0.717, 1.165) is 24.2 Å². The second-order valence-corrected chi connectivity index (χ2v) is 7.76. The fourth-order valence-electron chi connectivity index (χ4n) is 2.59. The molecule has 1 aromatic heterocycles. The molecule has 1 aliphatic carbocycles. The van der Waals surface area contributed by atoms with Crippen LogP contribution in [-0.2, 0) is 16.4 Å². The second-order valence-electron chi connectivity index (χ2n) is 6.07. The van der Waals surface area contributed by atoms with Gasteiger partial charge in [0.25, 0.3) is 10.0 Å². The molecule has 0 atom stereocenters. The average molecular weight is 355 g/mol. The summed E-state index contributed by atoms with van der Waals surface area (Å²) in [6.45, 7) is 0. The number of rotatable bonds is 6. The molecule has 3 aromatic rings. The normalized spacial score (nSPS) is 14.4. The Hall–Kier alpha value is -2.67. The maximum Gasteiger partial charge on any atom is 0.261 e. The minimum atomic E-state index is -3.64. The molecule has 0 bridgehead atoms. The van der Waals surface area contributed by atoms with Crippen molar-refractivity contribution in [1.82, 2.24) is 10.1 Å². The molecule has 1 saturated carbocycles. The predicted molar refractivity (Wildman–Crippen MR) is 92.8 cm³/mol. The zero-order chi connectivity index (χ0) is 17.3. The summed E-state index contributed by atoms with van der Waals surface area (Å²) in [5, 5.41) is 4.00. The molecule has 1 aliphatic rings. The average Bonchev–Trinajstić information content (AvgIpc) is 3.37. The van der Waals surface area contributed by atoms with Crippen LogP contribution in [0.3, 0.4) is 0 Å². The van der Waals surface area contributed by atoms with E-state index in [4.69, 9.17) is 4.52 Å². The van der Waals surface area contributed by atoms with Gasteiger partial charge >= 0.3 is 0 Å². The molecule has 0 unspecified atom stereocenters. The zero-order valence-corrected chi connectivity index (χ0v) is 14.2. The molecule has 0 saturated heterocycles. The number of aromatic nitrogens is 2. The maximum absolute atomic E-state index is 12.5. The molecule has 1 N–H and O–H groups in total. The second kappa shape index (κ2) is 6.33. The molecule has 128 valence electrons. The molecular formula is C18H17N3O3S. The van der Waals surface area contributed by atoms with Crippen LogP contribution in [0.2, 0.25) is 0 Å². The highest BCUT2D eigenvalue weighted by Gasteiger charge is 2.28. The highest BCUT2D eigenvalue weighted by molar-refractivity contribution is 7.92.